The van der Waals surface area contributed by atoms with Crippen molar-refractivity contribution in [2.24, 2.45) is 10.7 Å². The number of amides is 1. The topological polar surface area (TPSA) is 142 Å². The molecule has 0 aliphatic carbocycles. The summed E-state index contributed by atoms with van der Waals surface area (Å²) in [5, 5.41) is 24.0. The highest BCUT2D eigenvalue weighted by Crippen LogP contribution is 2.02. The minimum atomic E-state index is -0.764. The lowest BCUT2D eigenvalue weighted by atomic mass is 10.3. The fourth-order valence-corrected chi connectivity index (χ4v) is 1.58. The average Bonchev–Trinajstić information content (AvgIpc) is 2.52. The van der Waals surface area contributed by atoms with Crippen LogP contribution in [-0.4, -0.2) is 40.3 Å². The second-order valence-corrected chi connectivity index (χ2v) is 4.33. The molecule has 0 radical (unpaired) electrons. The highest BCUT2D eigenvalue weighted by Gasteiger charge is 2.12. The lowest BCUT2D eigenvalue weighted by Crippen LogP contribution is -2.34. The predicted octanol–water partition coefficient (Wildman–Crippen LogP) is -0.485. The number of allylic oxidation sites excluding steroid dienone is 1. The smallest absolute Gasteiger partial charge is 0.271 e. The molecule has 0 saturated heterocycles. The number of aromatic hydroxyl groups is 1. The van der Waals surface area contributed by atoms with Crippen molar-refractivity contribution in [3.05, 3.63) is 52.4 Å². The van der Waals surface area contributed by atoms with Gasteiger partial charge in [0.2, 0.25) is 5.43 Å². The molecule has 1 heterocycles. The van der Waals surface area contributed by atoms with Crippen molar-refractivity contribution in [1.29, 1.82) is 0 Å². The summed E-state index contributed by atoms with van der Waals surface area (Å²) in [4.78, 5) is 27.2. The van der Waals surface area contributed by atoms with E-state index in [1.54, 1.807) is 13.1 Å². The summed E-state index contributed by atoms with van der Waals surface area (Å²) in [7, 11) is 0. The molecule has 6 N–H and O–H groups in total. The molecule has 0 aliphatic rings. The summed E-state index contributed by atoms with van der Waals surface area (Å²) in [5.41, 5.74) is 4.99. The number of rotatable bonds is 7. The van der Waals surface area contributed by atoms with Gasteiger partial charge < -0.3 is 26.7 Å². The Hall–Kier alpha value is -3.23. The summed E-state index contributed by atoms with van der Waals surface area (Å²) in [6.45, 7) is 5.75. The van der Waals surface area contributed by atoms with Gasteiger partial charge in [0, 0.05) is 25.4 Å². The molecule has 1 aromatic rings. The van der Waals surface area contributed by atoms with E-state index < -0.39 is 17.1 Å². The normalized spacial score (nSPS) is 11.9. The number of hydrogen-bond acceptors (Lipinski definition) is 7. The van der Waals surface area contributed by atoms with Crippen molar-refractivity contribution in [2.45, 2.75) is 6.92 Å². The summed E-state index contributed by atoms with van der Waals surface area (Å²) < 4.78 is 0.377. The Balaban J connectivity index is 2.63. The first-order valence-electron chi connectivity index (χ1n) is 6.68. The van der Waals surface area contributed by atoms with Gasteiger partial charge >= 0.3 is 0 Å². The largest absolute Gasteiger partial charge is 0.503 e. The molecule has 0 fully saturated rings. The van der Waals surface area contributed by atoms with Gasteiger partial charge in [-0.3, -0.25) is 9.59 Å². The van der Waals surface area contributed by atoms with Crippen molar-refractivity contribution in [1.82, 2.24) is 15.4 Å². The maximum absolute atomic E-state index is 11.9. The second-order valence-electron chi connectivity index (χ2n) is 4.33. The first-order chi connectivity index (χ1) is 10.9. The Morgan fingerprint density at radius 3 is 2.74 bits per heavy atom. The van der Waals surface area contributed by atoms with E-state index in [0.717, 1.165) is 12.3 Å². The third kappa shape index (κ3) is 4.92. The van der Waals surface area contributed by atoms with E-state index in [2.05, 4.69) is 22.2 Å². The van der Waals surface area contributed by atoms with E-state index in [1.807, 2.05) is 0 Å². The van der Waals surface area contributed by atoms with Crippen LogP contribution in [0.25, 0.3) is 0 Å². The Kier molecular flexibility index (Phi) is 6.41. The molecule has 0 aliphatic heterocycles. The molecule has 0 unspecified atom stereocenters. The van der Waals surface area contributed by atoms with E-state index in [9.17, 15) is 14.8 Å². The number of carbonyl (C=O) groups is 1. The zero-order valence-corrected chi connectivity index (χ0v) is 12.6. The minimum Gasteiger partial charge on any atom is -0.503 e. The standard InChI is InChI=1S/C14H19N5O4/c1-3-9(15)13(16-4-2)17-5-6-18-14(22)10-7-11(20)12(21)8-19(10)23/h3-4,7-8,17,21,23H,1,5-6,15H2,2H3,(H,18,22)/b13-9-,16-4?. The Bertz CT molecular complexity index is 706. The van der Waals surface area contributed by atoms with Crippen LogP contribution in [0, 0.1) is 0 Å². The molecule has 0 spiro atoms. The number of nitrogens with one attached hydrogen (secondary N) is 2. The lowest BCUT2D eigenvalue weighted by Gasteiger charge is -2.10. The van der Waals surface area contributed by atoms with Crippen molar-refractivity contribution in [3.8, 4) is 5.75 Å². The average molecular weight is 321 g/mol. The number of nitrogens with two attached hydrogens (primary N) is 1. The van der Waals surface area contributed by atoms with Crippen LogP contribution >= 0.6 is 0 Å². The van der Waals surface area contributed by atoms with E-state index in [0.29, 0.717) is 22.8 Å². The van der Waals surface area contributed by atoms with Gasteiger partial charge in [-0.15, -0.1) is 0 Å². The molecule has 0 aromatic carbocycles. The van der Waals surface area contributed by atoms with Crippen LogP contribution in [0.4, 0.5) is 0 Å². The predicted molar refractivity (Wildman–Crippen MR) is 85.5 cm³/mol. The van der Waals surface area contributed by atoms with E-state index in [-0.39, 0.29) is 12.2 Å². The molecular weight excluding hydrogens is 302 g/mol. The summed E-state index contributed by atoms with van der Waals surface area (Å²) in [6, 6.07) is 0.834. The van der Waals surface area contributed by atoms with Crippen molar-refractivity contribution in [2.75, 3.05) is 13.1 Å². The Morgan fingerprint density at radius 1 is 1.48 bits per heavy atom. The summed E-state index contributed by atoms with van der Waals surface area (Å²) in [5.74, 6) is -0.911. The Morgan fingerprint density at radius 2 is 2.13 bits per heavy atom. The first-order valence-corrected chi connectivity index (χ1v) is 6.68. The van der Waals surface area contributed by atoms with Crippen LogP contribution in [0.2, 0.25) is 0 Å². The number of nitrogens with zero attached hydrogens (tertiary/aromatic N) is 2. The fraction of sp³-hybridized carbons (Fsp3) is 0.214. The molecule has 0 bridgehead atoms. The van der Waals surface area contributed by atoms with Gasteiger partial charge in [0.05, 0.1) is 11.9 Å². The van der Waals surface area contributed by atoms with Crippen LogP contribution in [0.5, 0.6) is 5.75 Å². The van der Waals surface area contributed by atoms with E-state index in [4.69, 9.17) is 10.8 Å². The van der Waals surface area contributed by atoms with Gasteiger partial charge in [-0.25, -0.2) is 4.99 Å². The lowest BCUT2D eigenvalue weighted by molar-refractivity contribution is 0.0897. The fourth-order valence-electron chi connectivity index (χ4n) is 1.58. The minimum absolute atomic E-state index is 0.182. The van der Waals surface area contributed by atoms with E-state index in [1.165, 1.54) is 6.08 Å². The zero-order chi connectivity index (χ0) is 17.4. The summed E-state index contributed by atoms with van der Waals surface area (Å²) >= 11 is 0. The molecule has 124 valence electrons. The monoisotopic (exact) mass is 321 g/mol. The molecule has 9 nitrogen and oxygen atoms in total. The SMILES string of the molecule is C=C/C(N)=C(\N=CC)NCCNC(=O)c1cc(=O)c(O)cn1O. The van der Waals surface area contributed by atoms with Gasteiger partial charge in [0.15, 0.2) is 5.75 Å². The molecule has 1 aromatic heterocycles. The zero-order valence-electron chi connectivity index (χ0n) is 12.6. The van der Waals surface area contributed by atoms with Crippen LogP contribution in [0.15, 0.2) is 46.2 Å². The number of aromatic nitrogens is 1. The quantitative estimate of drug-likeness (QED) is 0.199. The maximum Gasteiger partial charge on any atom is 0.271 e. The molecule has 23 heavy (non-hydrogen) atoms. The molecule has 0 saturated carbocycles. The van der Waals surface area contributed by atoms with Crippen LogP contribution < -0.4 is 21.8 Å². The van der Waals surface area contributed by atoms with Gasteiger partial charge in [-0.1, -0.05) is 6.58 Å². The van der Waals surface area contributed by atoms with Crippen LogP contribution in [0.1, 0.15) is 17.4 Å². The second kappa shape index (κ2) is 8.27. The van der Waals surface area contributed by atoms with Crippen LogP contribution in [0.3, 0.4) is 0 Å². The van der Waals surface area contributed by atoms with Gasteiger partial charge in [0.1, 0.15) is 11.5 Å². The van der Waals surface area contributed by atoms with Gasteiger partial charge in [0.25, 0.3) is 5.91 Å². The number of hydrogen-bond donors (Lipinski definition) is 5. The number of aliphatic imine (C=N–C) groups is 1. The van der Waals surface area contributed by atoms with Crippen molar-refractivity contribution >= 4 is 12.1 Å². The molecule has 1 rings (SSSR count). The molecule has 9 heteroatoms. The molecule has 1 amide bonds. The van der Waals surface area contributed by atoms with E-state index >= 15 is 0 Å². The van der Waals surface area contributed by atoms with Gasteiger partial charge in [-0.2, -0.15) is 4.73 Å². The highest BCUT2D eigenvalue weighted by molar-refractivity contribution is 5.92. The highest BCUT2D eigenvalue weighted by atomic mass is 16.5. The van der Waals surface area contributed by atoms with Crippen molar-refractivity contribution < 1.29 is 15.1 Å². The van der Waals surface area contributed by atoms with Crippen LogP contribution in [-0.2, 0) is 0 Å². The molecule has 0 atom stereocenters. The third-order valence-electron chi connectivity index (χ3n) is 2.70. The van der Waals surface area contributed by atoms with Crippen molar-refractivity contribution in [3.63, 3.8) is 0 Å². The Labute approximate surface area is 132 Å². The number of pyridine rings is 1. The maximum atomic E-state index is 11.9. The third-order valence-corrected chi connectivity index (χ3v) is 2.70. The van der Waals surface area contributed by atoms with Gasteiger partial charge in [-0.05, 0) is 13.0 Å². The first kappa shape index (κ1) is 17.8. The number of carbonyl (C=O) groups excluding carboxylic acids is 1. The molecular formula is C14H19N5O4. The summed E-state index contributed by atoms with van der Waals surface area (Å²) in [6.07, 6.45) is 3.74.